The zero-order valence-corrected chi connectivity index (χ0v) is 10.4. The predicted molar refractivity (Wildman–Crippen MR) is 67.2 cm³/mol. The van der Waals surface area contributed by atoms with Gasteiger partial charge in [0, 0.05) is 6.61 Å². The van der Waals surface area contributed by atoms with Gasteiger partial charge in [0.15, 0.2) is 0 Å². The van der Waals surface area contributed by atoms with E-state index in [-0.39, 0.29) is 0 Å². The molecule has 88 valence electrons. The molecule has 1 nitrogen and oxygen atoms in total. The first kappa shape index (κ1) is 11.7. The highest BCUT2D eigenvalue weighted by Gasteiger charge is 2.36. The summed E-state index contributed by atoms with van der Waals surface area (Å²) in [5.41, 5.74) is 1.27. The molecule has 0 bridgehead atoms. The maximum atomic E-state index is 5.70. The molecule has 0 amide bonds. The monoisotopic (exact) mass is 218 g/mol. The smallest absolute Gasteiger partial charge is 0.0716 e. The number of ether oxygens (including phenoxy) is 1. The molecule has 16 heavy (non-hydrogen) atoms. The highest BCUT2D eigenvalue weighted by Crippen LogP contribution is 2.44. The molecule has 1 fully saturated rings. The minimum Gasteiger partial charge on any atom is -0.377 e. The van der Waals surface area contributed by atoms with Crippen LogP contribution in [-0.4, -0.2) is 6.61 Å². The van der Waals surface area contributed by atoms with Crippen molar-refractivity contribution in [2.45, 2.75) is 33.3 Å². The van der Waals surface area contributed by atoms with Gasteiger partial charge in [-0.2, -0.15) is 0 Å². The first-order chi connectivity index (χ1) is 7.77. The lowest BCUT2D eigenvalue weighted by atomic mass is 10.0. The van der Waals surface area contributed by atoms with Gasteiger partial charge in [-0.15, -0.1) is 0 Å². The van der Waals surface area contributed by atoms with Gasteiger partial charge >= 0.3 is 0 Å². The van der Waals surface area contributed by atoms with Crippen LogP contribution in [-0.2, 0) is 11.3 Å². The van der Waals surface area contributed by atoms with Crippen LogP contribution >= 0.6 is 0 Å². The van der Waals surface area contributed by atoms with E-state index in [1.807, 2.05) is 6.07 Å². The van der Waals surface area contributed by atoms with Crippen molar-refractivity contribution in [1.82, 2.24) is 0 Å². The van der Waals surface area contributed by atoms with E-state index in [9.17, 15) is 0 Å². The number of hydrogen-bond acceptors (Lipinski definition) is 1. The molecule has 0 spiro atoms. The summed E-state index contributed by atoms with van der Waals surface area (Å²) >= 11 is 0. The Labute approximate surface area is 98.8 Å². The summed E-state index contributed by atoms with van der Waals surface area (Å²) in [6.45, 7) is 6.37. The summed E-state index contributed by atoms with van der Waals surface area (Å²) in [7, 11) is 0. The quantitative estimate of drug-likeness (QED) is 0.658. The van der Waals surface area contributed by atoms with E-state index < -0.39 is 0 Å². The molecular formula is C15H22O. The predicted octanol–water partition coefficient (Wildman–Crippen LogP) is 3.89. The lowest BCUT2D eigenvalue weighted by molar-refractivity contribution is 0.106. The fourth-order valence-electron chi connectivity index (χ4n) is 2.39. The van der Waals surface area contributed by atoms with Crippen LogP contribution in [0.1, 0.15) is 32.3 Å². The lowest BCUT2D eigenvalue weighted by Crippen LogP contribution is -2.04. The molecule has 1 aliphatic carbocycles. The van der Waals surface area contributed by atoms with Crippen molar-refractivity contribution in [3.63, 3.8) is 0 Å². The van der Waals surface area contributed by atoms with Crippen molar-refractivity contribution in [2.24, 2.45) is 17.8 Å². The standard InChI is InChI=1S/C15H22O/c1-12(15-10-13(15)2)8-9-16-11-14-6-4-3-5-7-14/h3-7,12-13,15H,8-11H2,1-2H3/t12-,13-,15+/m1/s1. The van der Waals surface area contributed by atoms with Crippen molar-refractivity contribution in [3.05, 3.63) is 35.9 Å². The van der Waals surface area contributed by atoms with E-state index in [4.69, 9.17) is 4.74 Å². The van der Waals surface area contributed by atoms with E-state index in [2.05, 4.69) is 38.1 Å². The van der Waals surface area contributed by atoms with Gasteiger partial charge < -0.3 is 4.74 Å². The zero-order valence-electron chi connectivity index (χ0n) is 10.4. The first-order valence-electron chi connectivity index (χ1n) is 6.39. The summed E-state index contributed by atoms with van der Waals surface area (Å²) in [4.78, 5) is 0. The van der Waals surface area contributed by atoms with Gasteiger partial charge in [0.2, 0.25) is 0 Å². The van der Waals surface area contributed by atoms with Crippen molar-refractivity contribution >= 4 is 0 Å². The van der Waals surface area contributed by atoms with E-state index >= 15 is 0 Å². The number of rotatable bonds is 6. The van der Waals surface area contributed by atoms with E-state index in [0.29, 0.717) is 0 Å². The second-order valence-corrected chi connectivity index (χ2v) is 5.18. The fraction of sp³-hybridized carbons (Fsp3) is 0.600. The van der Waals surface area contributed by atoms with Crippen LogP contribution in [0.2, 0.25) is 0 Å². The summed E-state index contributed by atoms with van der Waals surface area (Å²) in [6.07, 6.45) is 2.64. The second-order valence-electron chi connectivity index (χ2n) is 5.18. The van der Waals surface area contributed by atoms with Gasteiger partial charge in [-0.25, -0.2) is 0 Å². The Morgan fingerprint density at radius 1 is 1.31 bits per heavy atom. The lowest BCUT2D eigenvalue weighted by Gasteiger charge is -2.10. The molecule has 0 N–H and O–H groups in total. The van der Waals surface area contributed by atoms with Crippen LogP contribution < -0.4 is 0 Å². The van der Waals surface area contributed by atoms with Gasteiger partial charge in [0.05, 0.1) is 6.61 Å². The molecule has 1 aromatic rings. The van der Waals surface area contributed by atoms with Crippen LogP contribution in [0.4, 0.5) is 0 Å². The summed E-state index contributed by atoms with van der Waals surface area (Å²) in [6, 6.07) is 10.4. The Hall–Kier alpha value is -0.820. The van der Waals surface area contributed by atoms with E-state index in [1.165, 1.54) is 18.4 Å². The molecule has 1 aliphatic rings. The van der Waals surface area contributed by atoms with Crippen LogP contribution in [0.3, 0.4) is 0 Å². The topological polar surface area (TPSA) is 9.23 Å². The average Bonchev–Trinajstić information content (AvgIpc) is 3.03. The Morgan fingerprint density at radius 2 is 2.00 bits per heavy atom. The van der Waals surface area contributed by atoms with E-state index in [1.54, 1.807) is 0 Å². The van der Waals surface area contributed by atoms with Gasteiger partial charge in [-0.05, 0) is 36.2 Å². The molecule has 1 aromatic carbocycles. The van der Waals surface area contributed by atoms with Gasteiger partial charge in [0.25, 0.3) is 0 Å². The third-order valence-corrected chi connectivity index (χ3v) is 3.73. The Balaban J connectivity index is 1.58. The zero-order chi connectivity index (χ0) is 11.4. The summed E-state index contributed by atoms with van der Waals surface area (Å²) in [5, 5.41) is 0. The van der Waals surface area contributed by atoms with Crippen molar-refractivity contribution < 1.29 is 4.74 Å². The normalized spacial score (nSPS) is 25.4. The van der Waals surface area contributed by atoms with Crippen LogP contribution in [0.15, 0.2) is 30.3 Å². The van der Waals surface area contributed by atoms with Gasteiger partial charge in [-0.1, -0.05) is 44.2 Å². The largest absolute Gasteiger partial charge is 0.377 e. The Bertz CT molecular complexity index is 306. The molecule has 1 saturated carbocycles. The minimum absolute atomic E-state index is 0.758. The molecule has 2 rings (SSSR count). The van der Waals surface area contributed by atoms with Crippen LogP contribution in [0.25, 0.3) is 0 Å². The van der Waals surface area contributed by atoms with Gasteiger partial charge in [0.1, 0.15) is 0 Å². The van der Waals surface area contributed by atoms with Crippen molar-refractivity contribution in [3.8, 4) is 0 Å². The molecule has 3 atom stereocenters. The molecular weight excluding hydrogens is 196 g/mol. The molecule has 0 aromatic heterocycles. The van der Waals surface area contributed by atoms with Gasteiger partial charge in [-0.3, -0.25) is 0 Å². The van der Waals surface area contributed by atoms with Crippen LogP contribution in [0.5, 0.6) is 0 Å². The number of hydrogen-bond donors (Lipinski definition) is 0. The number of benzene rings is 1. The molecule has 0 heterocycles. The first-order valence-corrected chi connectivity index (χ1v) is 6.39. The summed E-state index contributed by atoms with van der Waals surface area (Å²) in [5.74, 6) is 2.77. The fourth-order valence-corrected chi connectivity index (χ4v) is 2.39. The molecule has 0 radical (unpaired) electrons. The maximum Gasteiger partial charge on any atom is 0.0716 e. The molecule has 0 aliphatic heterocycles. The SMILES string of the molecule is C[C@H](CCOCc1ccccc1)[C@@H]1C[C@H]1C. The molecule has 0 saturated heterocycles. The average molecular weight is 218 g/mol. The Kier molecular flexibility index (Phi) is 4.00. The third-order valence-electron chi connectivity index (χ3n) is 3.73. The highest BCUT2D eigenvalue weighted by molar-refractivity contribution is 5.13. The highest BCUT2D eigenvalue weighted by atomic mass is 16.5. The van der Waals surface area contributed by atoms with Crippen molar-refractivity contribution in [1.29, 1.82) is 0 Å². The summed E-state index contributed by atoms with van der Waals surface area (Å²) < 4.78 is 5.70. The third kappa shape index (κ3) is 3.34. The maximum absolute atomic E-state index is 5.70. The second kappa shape index (κ2) is 5.49. The Morgan fingerprint density at radius 3 is 2.62 bits per heavy atom. The van der Waals surface area contributed by atoms with Crippen LogP contribution in [0, 0.1) is 17.8 Å². The minimum atomic E-state index is 0.758. The molecule has 0 unspecified atom stereocenters. The van der Waals surface area contributed by atoms with Crippen molar-refractivity contribution in [2.75, 3.05) is 6.61 Å². The molecule has 1 heteroatoms. The van der Waals surface area contributed by atoms with E-state index in [0.717, 1.165) is 31.0 Å².